The lowest BCUT2D eigenvalue weighted by molar-refractivity contribution is -0.105. The van der Waals surface area contributed by atoms with E-state index in [1.165, 1.54) is 7.11 Å². The highest BCUT2D eigenvalue weighted by molar-refractivity contribution is 5.99. The van der Waals surface area contributed by atoms with Gasteiger partial charge >= 0.3 is 0 Å². The predicted molar refractivity (Wildman–Crippen MR) is 74.3 cm³/mol. The third-order valence-corrected chi connectivity index (χ3v) is 3.21. The molecule has 0 saturated carbocycles. The van der Waals surface area contributed by atoms with Crippen molar-refractivity contribution in [1.29, 1.82) is 0 Å². The number of anilines is 1. The number of benzene rings is 1. The van der Waals surface area contributed by atoms with E-state index < -0.39 is 5.91 Å². The van der Waals surface area contributed by atoms with Crippen LogP contribution in [0.25, 0.3) is 0 Å². The molecule has 110 valence electrons. The van der Waals surface area contributed by atoms with Crippen LogP contribution in [0.4, 0.5) is 5.69 Å². The molecule has 1 aliphatic rings. The van der Waals surface area contributed by atoms with E-state index in [-0.39, 0.29) is 6.29 Å². The van der Waals surface area contributed by atoms with Crippen molar-refractivity contribution in [1.82, 2.24) is 5.48 Å². The Labute approximate surface area is 118 Å². The molecule has 1 unspecified atom stereocenters. The van der Waals surface area contributed by atoms with Crippen molar-refractivity contribution in [2.45, 2.75) is 32.5 Å². The van der Waals surface area contributed by atoms with Crippen LogP contribution >= 0.6 is 0 Å². The maximum atomic E-state index is 11.9. The van der Waals surface area contributed by atoms with Crippen LogP contribution < -0.4 is 16.0 Å². The topological polar surface area (TPSA) is 82.8 Å². The molecular weight excluding hydrogens is 260 g/mol. The van der Waals surface area contributed by atoms with Crippen molar-refractivity contribution in [3.63, 3.8) is 0 Å². The smallest absolute Gasteiger partial charge is 0.277 e. The molecule has 6 nitrogen and oxygen atoms in total. The van der Waals surface area contributed by atoms with Crippen molar-refractivity contribution in [2.75, 3.05) is 19.5 Å². The molecule has 1 aromatic rings. The van der Waals surface area contributed by atoms with Gasteiger partial charge in [-0.2, -0.15) is 0 Å². The Balaban J connectivity index is 2.18. The van der Waals surface area contributed by atoms with Gasteiger partial charge in [0.15, 0.2) is 6.29 Å². The molecular formula is C14H20N2O4. The van der Waals surface area contributed by atoms with Crippen molar-refractivity contribution < 1.29 is 19.1 Å². The van der Waals surface area contributed by atoms with Crippen LogP contribution in [0, 0.1) is 6.92 Å². The number of carbonyl (C=O) groups excluding carboxylic acids is 1. The zero-order valence-electron chi connectivity index (χ0n) is 11.8. The molecule has 2 rings (SSSR count). The molecule has 0 radical (unpaired) electrons. The molecule has 0 bridgehead atoms. The number of aryl methyl sites for hydroxylation is 1. The average molecular weight is 280 g/mol. The van der Waals surface area contributed by atoms with E-state index in [2.05, 4.69) is 10.3 Å². The summed E-state index contributed by atoms with van der Waals surface area (Å²) in [5.41, 5.74) is 9.69. The summed E-state index contributed by atoms with van der Waals surface area (Å²) in [5, 5.41) is 0. The van der Waals surface area contributed by atoms with Gasteiger partial charge in [0.1, 0.15) is 5.75 Å². The number of carbonyl (C=O) groups is 1. The van der Waals surface area contributed by atoms with E-state index in [0.29, 0.717) is 23.6 Å². The largest absolute Gasteiger partial charge is 0.465 e. The third kappa shape index (κ3) is 3.40. The molecule has 3 N–H and O–H groups in total. The van der Waals surface area contributed by atoms with Gasteiger partial charge in [-0.1, -0.05) is 0 Å². The highest BCUT2D eigenvalue weighted by Crippen LogP contribution is 2.26. The molecule has 1 saturated heterocycles. The molecule has 6 heteroatoms. The minimum absolute atomic E-state index is 0.259. The van der Waals surface area contributed by atoms with Gasteiger partial charge in [0.05, 0.1) is 19.3 Å². The first kappa shape index (κ1) is 14.6. The summed E-state index contributed by atoms with van der Waals surface area (Å²) in [6, 6.07) is 3.41. The highest BCUT2D eigenvalue weighted by atomic mass is 16.7. The Hall–Kier alpha value is -1.79. The van der Waals surface area contributed by atoms with E-state index in [1.807, 2.05) is 6.92 Å². The summed E-state index contributed by atoms with van der Waals surface area (Å²) in [6.45, 7) is 2.53. The van der Waals surface area contributed by atoms with Gasteiger partial charge in [0, 0.05) is 12.1 Å². The number of hydroxylamine groups is 1. The number of nitrogens with two attached hydrogens (primary N) is 1. The van der Waals surface area contributed by atoms with Gasteiger partial charge in [-0.25, -0.2) is 5.48 Å². The molecule has 0 spiro atoms. The van der Waals surface area contributed by atoms with Crippen LogP contribution in [-0.2, 0) is 9.57 Å². The predicted octanol–water partition coefficient (Wildman–Crippen LogP) is 1.77. The van der Waals surface area contributed by atoms with E-state index in [1.54, 1.807) is 12.1 Å². The van der Waals surface area contributed by atoms with Crippen molar-refractivity contribution >= 4 is 11.6 Å². The molecule has 1 heterocycles. The van der Waals surface area contributed by atoms with Crippen LogP contribution in [0.15, 0.2) is 12.1 Å². The lowest BCUT2D eigenvalue weighted by Gasteiger charge is -2.24. The zero-order valence-corrected chi connectivity index (χ0v) is 11.8. The van der Waals surface area contributed by atoms with Gasteiger partial charge in [0.25, 0.3) is 5.91 Å². The molecule has 20 heavy (non-hydrogen) atoms. The SMILES string of the molecule is CONC(=O)c1cc(OC2CCCCO2)cc(C)c1N. The minimum atomic E-state index is -0.400. The number of nitrogen functional groups attached to an aromatic ring is 1. The molecule has 1 atom stereocenters. The normalized spacial score (nSPS) is 18.6. The lowest BCUT2D eigenvalue weighted by Crippen LogP contribution is -2.26. The monoisotopic (exact) mass is 280 g/mol. The first-order chi connectivity index (χ1) is 9.61. The fourth-order valence-corrected chi connectivity index (χ4v) is 2.12. The quantitative estimate of drug-likeness (QED) is 0.649. The second kappa shape index (κ2) is 6.58. The molecule has 1 fully saturated rings. The number of amides is 1. The van der Waals surface area contributed by atoms with Gasteiger partial charge < -0.3 is 15.2 Å². The number of nitrogens with one attached hydrogen (secondary N) is 1. The number of hydrogen-bond acceptors (Lipinski definition) is 5. The van der Waals surface area contributed by atoms with E-state index in [9.17, 15) is 4.79 Å². The summed E-state index contributed by atoms with van der Waals surface area (Å²) in [6.07, 6.45) is 2.73. The maximum Gasteiger partial charge on any atom is 0.277 e. The zero-order chi connectivity index (χ0) is 14.5. The standard InChI is InChI=1S/C14H20N2O4/c1-9-7-10(20-12-5-3-4-6-19-12)8-11(13(9)15)14(17)16-18-2/h7-8,12H,3-6,15H2,1-2H3,(H,16,17). The number of ether oxygens (including phenoxy) is 2. The molecule has 1 amide bonds. The van der Waals surface area contributed by atoms with E-state index in [4.69, 9.17) is 15.2 Å². The second-order valence-electron chi connectivity index (χ2n) is 4.75. The molecule has 1 aliphatic heterocycles. The minimum Gasteiger partial charge on any atom is -0.465 e. The van der Waals surface area contributed by atoms with Gasteiger partial charge in [-0.3, -0.25) is 9.63 Å². The van der Waals surface area contributed by atoms with Gasteiger partial charge in [0.2, 0.25) is 0 Å². The third-order valence-electron chi connectivity index (χ3n) is 3.21. The highest BCUT2D eigenvalue weighted by Gasteiger charge is 2.18. The Morgan fingerprint density at radius 1 is 1.45 bits per heavy atom. The van der Waals surface area contributed by atoms with Crippen LogP contribution in [0.2, 0.25) is 0 Å². The number of rotatable bonds is 4. The first-order valence-corrected chi connectivity index (χ1v) is 6.63. The Kier molecular flexibility index (Phi) is 4.81. The lowest BCUT2D eigenvalue weighted by atomic mass is 10.1. The van der Waals surface area contributed by atoms with E-state index in [0.717, 1.165) is 24.8 Å². The van der Waals surface area contributed by atoms with Gasteiger partial charge in [-0.15, -0.1) is 0 Å². The van der Waals surface area contributed by atoms with E-state index >= 15 is 0 Å². The summed E-state index contributed by atoms with van der Waals surface area (Å²) in [5.74, 6) is 0.174. The summed E-state index contributed by atoms with van der Waals surface area (Å²) < 4.78 is 11.3. The van der Waals surface area contributed by atoms with Crippen LogP contribution in [-0.4, -0.2) is 25.9 Å². The Morgan fingerprint density at radius 3 is 2.90 bits per heavy atom. The maximum absolute atomic E-state index is 11.9. The van der Waals surface area contributed by atoms with Crippen molar-refractivity contribution in [3.05, 3.63) is 23.3 Å². The fraction of sp³-hybridized carbons (Fsp3) is 0.500. The van der Waals surface area contributed by atoms with Gasteiger partial charge in [-0.05, 0) is 37.5 Å². The first-order valence-electron chi connectivity index (χ1n) is 6.63. The van der Waals surface area contributed by atoms with Crippen molar-refractivity contribution in [2.24, 2.45) is 0 Å². The summed E-state index contributed by atoms with van der Waals surface area (Å²) in [7, 11) is 1.37. The number of hydrogen-bond donors (Lipinski definition) is 2. The van der Waals surface area contributed by atoms with Crippen LogP contribution in [0.3, 0.4) is 0 Å². The average Bonchev–Trinajstić information content (AvgIpc) is 2.44. The Morgan fingerprint density at radius 2 is 2.25 bits per heavy atom. The summed E-state index contributed by atoms with van der Waals surface area (Å²) in [4.78, 5) is 16.5. The molecule has 1 aromatic carbocycles. The van der Waals surface area contributed by atoms with Crippen molar-refractivity contribution in [3.8, 4) is 5.75 Å². The molecule has 0 aromatic heterocycles. The Bertz CT molecular complexity index is 484. The molecule has 0 aliphatic carbocycles. The van der Waals surface area contributed by atoms with Crippen LogP contribution in [0.5, 0.6) is 5.75 Å². The summed E-state index contributed by atoms with van der Waals surface area (Å²) >= 11 is 0. The van der Waals surface area contributed by atoms with Crippen LogP contribution in [0.1, 0.15) is 35.2 Å². The second-order valence-corrected chi connectivity index (χ2v) is 4.75. The fourth-order valence-electron chi connectivity index (χ4n) is 2.12.